The van der Waals surface area contributed by atoms with Gasteiger partial charge in [0, 0.05) is 57.5 Å². The maximum absolute atomic E-state index is 14.1. The van der Waals surface area contributed by atoms with Crippen molar-refractivity contribution in [1.29, 1.82) is 0 Å². The molecule has 5 nitrogen and oxygen atoms in total. The third-order valence-electron chi connectivity index (χ3n) is 4.58. The van der Waals surface area contributed by atoms with E-state index in [0.717, 1.165) is 12.5 Å². The topological polar surface area (TPSA) is 44.8 Å². The summed E-state index contributed by atoms with van der Waals surface area (Å²) in [6.07, 6.45) is 0.731. The maximum Gasteiger partial charge on any atom is 0.236 e. The molecule has 1 saturated heterocycles. The van der Waals surface area contributed by atoms with Gasteiger partial charge in [-0.3, -0.25) is 9.69 Å². The van der Waals surface area contributed by atoms with Gasteiger partial charge in [-0.2, -0.15) is 0 Å². The number of amides is 1. The van der Waals surface area contributed by atoms with E-state index in [1.54, 1.807) is 7.11 Å². The van der Waals surface area contributed by atoms with Gasteiger partial charge in [-0.15, -0.1) is 0 Å². The third kappa shape index (κ3) is 5.45. The Morgan fingerprint density at radius 2 is 2.00 bits per heavy atom. The van der Waals surface area contributed by atoms with E-state index in [9.17, 15) is 13.6 Å². The zero-order chi connectivity index (χ0) is 18.2. The van der Waals surface area contributed by atoms with Gasteiger partial charge in [0.2, 0.25) is 5.91 Å². The minimum Gasteiger partial charge on any atom is -0.383 e. The molecule has 140 valence electrons. The lowest BCUT2D eigenvalue weighted by Gasteiger charge is -2.39. The molecule has 1 aromatic rings. The first-order chi connectivity index (χ1) is 12.1. The highest BCUT2D eigenvalue weighted by atomic mass is 19.1. The fourth-order valence-corrected chi connectivity index (χ4v) is 3.21. The van der Waals surface area contributed by atoms with E-state index >= 15 is 0 Å². The lowest BCUT2D eigenvalue weighted by atomic mass is 10.0. The summed E-state index contributed by atoms with van der Waals surface area (Å²) in [5.74, 6) is -1.00. The van der Waals surface area contributed by atoms with Gasteiger partial charge in [0.25, 0.3) is 0 Å². The first-order valence-electron chi connectivity index (χ1n) is 8.73. The number of ether oxygens (including phenoxy) is 1. The Labute approximate surface area is 147 Å². The fraction of sp³-hybridized carbons (Fsp3) is 0.611. The van der Waals surface area contributed by atoms with Crippen LogP contribution >= 0.6 is 0 Å². The number of halogens is 2. The Balaban J connectivity index is 1.88. The van der Waals surface area contributed by atoms with Crippen LogP contribution in [0.5, 0.6) is 0 Å². The molecular weight excluding hydrogens is 328 g/mol. The Morgan fingerprint density at radius 1 is 1.28 bits per heavy atom. The van der Waals surface area contributed by atoms with E-state index in [4.69, 9.17) is 4.74 Å². The van der Waals surface area contributed by atoms with Crippen molar-refractivity contribution in [3.8, 4) is 0 Å². The summed E-state index contributed by atoms with van der Waals surface area (Å²) in [6, 6.07) is 3.66. The smallest absolute Gasteiger partial charge is 0.236 e. The number of methoxy groups -OCH3 is 1. The van der Waals surface area contributed by atoms with E-state index < -0.39 is 11.6 Å². The number of piperazine rings is 1. The predicted molar refractivity (Wildman–Crippen MR) is 92.3 cm³/mol. The van der Waals surface area contributed by atoms with Gasteiger partial charge in [-0.05, 0) is 12.5 Å². The normalized spacial score (nSPS) is 16.9. The van der Waals surface area contributed by atoms with Gasteiger partial charge < -0.3 is 15.0 Å². The van der Waals surface area contributed by atoms with Gasteiger partial charge in [0.05, 0.1) is 13.2 Å². The van der Waals surface area contributed by atoms with Gasteiger partial charge >= 0.3 is 0 Å². The minimum atomic E-state index is -0.563. The Morgan fingerprint density at radius 3 is 2.60 bits per heavy atom. The number of hydrogen-bond donors (Lipinski definition) is 1. The zero-order valence-corrected chi connectivity index (χ0v) is 14.9. The van der Waals surface area contributed by atoms with E-state index in [0.29, 0.717) is 51.4 Å². The quantitative estimate of drug-likeness (QED) is 0.723. The molecule has 1 aliphatic rings. The highest BCUT2D eigenvalue weighted by Crippen LogP contribution is 2.27. The molecule has 0 radical (unpaired) electrons. The molecule has 1 aromatic carbocycles. The molecule has 1 fully saturated rings. The van der Waals surface area contributed by atoms with Crippen molar-refractivity contribution in [2.24, 2.45) is 0 Å². The Bertz CT molecular complexity index is 563. The first kappa shape index (κ1) is 19.8. The summed E-state index contributed by atoms with van der Waals surface area (Å²) in [7, 11) is 1.62. The van der Waals surface area contributed by atoms with Crippen LogP contribution in [0.15, 0.2) is 18.2 Å². The molecule has 1 unspecified atom stereocenters. The molecule has 1 aliphatic heterocycles. The number of benzene rings is 1. The third-order valence-corrected chi connectivity index (χ3v) is 4.58. The summed E-state index contributed by atoms with van der Waals surface area (Å²) < 4.78 is 32.2. The number of nitrogens with zero attached hydrogens (tertiary/aromatic N) is 2. The Kier molecular flexibility index (Phi) is 7.74. The van der Waals surface area contributed by atoms with Gasteiger partial charge in [-0.25, -0.2) is 8.78 Å². The summed E-state index contributed by atoms with van der Waals surface area (Å²) in [5, 5.41) is 3.05. The molecule has 0 saturated carbocycles. The molecule has 2 rings (SSSR count). The van der Waals surface area contributed by atoms with Crippen molar-refractivity contribution < 1.29 is 18.3 Å². The molecule has 1 N–H and O–H groups in total. The molecule has 1 amide bonds. The van der Waals surface area contributed by atoms with Crippen molar-refractivity contribution in [1.82, 2.24) is 15.1 Å². The lowest BCUT2D eigenvalue weighted by Crippen LogP contribution is -2.51. The van der Waals surface area contributed by atoms with E-state index in [1.807, 2.05) is 11.8 Å². The standard InChI is InChI=1S/C18H27F2N3O2/c1-3-17(15-5-4-14(19)12-16(15)20)22-7-9-23(10-8-22)18(24)13-21-6-11-25-2/h4-5,12,17,21H,3,6-11,13H2,1-2H3. The van der Waals surface area contributed by atoms with Crippen molar-refractivity contribution in [3.63, 3.8) is 0 Å². The number of nitrogens with one attached hydrogen (secondary N) is 1. The van der Waals surface area contributed by atoms with Crippen LogP contribution in [0.1, 0.15) is 24.9 Å². The monoisotopic (exact) mass is 355 g/mol. The average Bonchev–Trinajstić information content (AvgIpc) is 2.61. The molecule has 7 heteroatoms. The molecule has 0 aliphatic carbocycles. The molecular formula is C18H27F2N3O2. The molecule has 0 bridgehead atoms. The summed E-state index contributed by atoms with van der Waals surface area (Å²) in [5.41, 5.74) is 0.518. The van der Waals surface area contributed by atoms with Gasteiger partial charge in [0.15, 0.2) is 0 Å². The SMILES string of the molecule is CCC(c1ccc(F)cc1F)N1CCN(C(=O)CNCCOC)CC1. The van der Waals surface area contributed by atoms with E-state index in [2.05, 4.69) is 10.2 Å². The second-order valence-corrected chi connectivity index (χ2v) is 6.18. The van der Waals surface area contributed by atoms with Crippen LogP contribution < -0.4 is 5.32 Å². The second kappa shape index (κ2) is 9.79. The van der Waals surface area contributed by atoms with E-state index in [-0.39, 0.29) is 11.9 Å². The molecule has 1 atom stereocenters. The Hall–Kier alpha value is -1.57. The van der Waals surface area contributed by atoms with Crippen LogP contribution in [0.3, 0.4) is 0 Å². The van der Waals surface area contributed by atoms with E-state index in [1.165, 1.54) is 12.1 Å². The van der Waals surface area contributed by atoms with Crippen LogP contribution in [0.25, 0.3) is 0 Å². The van der Waals surface area contributed by atoms with Crippen LogP contribution in [0.4, 0.5) is 8.78 Å². The minimum absolute atomic E-state index is 0.0664. The first-order valence-corrected chi connectivity index (χ1v) is 8.73. The lowest BCUT2D eigenvalue weighted by molar-refractivity contribution is -0.132. The number of carbonyl (C=O) groups excluding carboxylic acids is 1. The summed E-state index contributed by atoms with van der Waals surface area (Å²) in [4.78, 5) is 16.2. The number of carbonyl (C=O) groups is 1. The average molecular weight is 355 g/mol. The highest BCUT2D eigenvalue weighted by molar-refractivity contribution is 5.78. The molecule has 0 aromatic heterocycles. The van der Waals surface area contributed by atoms with Gasteiger partial charge in [-0.1, -0.05) is 13.0 Å². The fourth-order valence-electron chi connectivity index (χ4n) is 3.21. The number of rotatable bonds is 8. The van der Waals surface area contributed by atoms with Crippen LogP contribution in [0, 0.1) is 11.6 Å². The zero-order valence-electron chi connectivity index (χ0n) is 14.9. The van der Waals surface area contributed by atoms with Crippen molar-refractivity contribution in [2.75, 3.05) is 53.0 Å². The largest absolute Gasteiger partial charge is 0.383 e. The molecule has 0 spiro atoms. The summed E-state index contributed by atoms with van der Waals surface area (Å²) >= 11 is 0. The van der Waals surface area contributed by atoms with Gasteiger partial charge in [0.1, 0.15) is 11.6 Å². The van der Waals surface area contributed by atoms with Crippen LogP contribution in [-0.4, -0.2) is 68.7 Å². The second-order valence-electron chi connectivity index (χ2n) is 6.18. The highest BCUT2D eigenvalue weighted by Gasteiger charge is 2.27. The van der Waals surface area contributed by atoms with Crippen LogP contribution in [0.2, 0.25) is 0 Å². The van der Waals surface area contributed by atoms with Crippen LogP contribution in [-0.2, 0) is 9.53 Å². The number of hydrogen-bond acceptors (Lipinski definition) is 4. The van der Waals surface area contributed by atoms with Crippen molar-refractivity contribution in [2.45, 2.75) is 19.4 Å². The van der Waals surface area contributed by atoms with Crippen molar-refractivity contribution >= 4 is 5.91 Å². The molecule has 25 heavy (non-hydrogen) atoms. The molecule has 1 heterocycles. The van der Waals surface area contributed by atoms with Crippen molar-refractivity contribution in [3.05, 3.63) is 35.4 Å². The summed E-state index contributed by atoms with van der Waals surface area (Å²) in [6.45, 7) is 6.09. The maximum atomic E-state index is 14.1. The predicted octanol–water partition coefficient (Wildman–Crippen LogP) is 1.80.